The fourth-order valence-corrected chi connectivity index (χ4v) is 3.18. The highest BCUT2D eigenvalue weighted by atomic mass is 32.1. The van der Waals surface area contributed by atoms with Crippen molar-refractivity contribution in [2.24, 2.45) is 0 Å². The number of nitrogens with one attached hydrogen (secondary N) is 1. The summed E-state index contributed by atoms with van der Waals surface area (Å²) in [5, 5.41) is 12.5. The second-order valence-corrected chi connectivity index (χ2v) is 5.89. The van der Waals surface area contributed by atoms with E-state index < -0.39 is 0 Å². The van der Waals surface area contributed by atoms with Crippen LogP contribution in [-0.2, 0) is 0 Å². The predicted octanol–water partition coefficient (Wildman–Crippen LogP) is 2.36. The van der Waals surface area contributed by atoms with Gasteiger partial charge in [-0.15, -0.1) is 10.2 Å². The van der Waals surface area contributed by atoms with Crippen LogP contribution in [0.5, 0.6) is 0 Å². The van der Waals surface area contributed by atoms with Crippen LogP contribution in [0.3, 0.4) is 0 Å². The molecule has 1 saturated carbocycles. The molecule has 6 heteroatoms. The maximum Gasteiger partial charge on any atom is 0.261 e. The van der Waals surface area contributed by atoms with Crippen molar-refractivity contribution in [3.8, 4) is 10.6 Å². The van der Waals surface area contributed by atoms with Crippen LogP contribution in [0.2, 0.25) is 0 Å². The standard InChI is InChI=1S/C13H16N4OS/c1-7-6-8(2)17(9-4-5-9)12(18)10(7)11-15-16-13(14-3)19-11/h6,9H,4-5H2,1-3H3,(H,14,16). The SMILES string of the molecule is CNc1nnc(-c2c(C)cc(C)n(C3CC3)c2=O)s1. The number of pyridine rings is 1. The average molecular weight is 276 g/mol. The highest BCUT2D eigenvalue weighted by Gasteiger charge is 2.28. The summed E-state index contributed by atoms with van der Waals surface area (Å²) in [5.41, 5.74) is 2.76. The number of rotatable bonds is 3. The highest BCUT2D eigenvalue weighted by Crippen LogP contribution is 2.36. The molecular weight excluding hydrogens is 260 g/mol. The first-order valence-electron chi connectivity index (χ1n) is 6.36. The number of aromatic nitrogens is 3. The molecule has 1 aliphatic carbocycles. The second-order valence-electron chi connectivity index (χ2n) is 4.91. The summed E-state index contributed by atoms with van der Waals surface area (Å²) < 4.78 is 1.91. The Balaban J connectivity index is 2.20. The molecule has 1 aliphatic rings. The lowest BCUT2D eigenvalue weighted by Crippen LogP contribution is -2.24. The molecule has 0 amide bonds. The van der Waals surface area contributed by atoms with Gasteiger partial charge in [-0.2, -0.15) is 0 Å². The predicted molar refractivity (Wildman–Crippen MR) is 76.9 cm³/mol. The largest absolute Gasteiger partial charge is 0.363 e. The molecule has 0 saturated heterocycles. The zero-order valence-corrected chi connectivity index (χ0v) is 12.0. The molecule has 2 aromatic heterocycles. The monoisotopic (exact) mass is 276 g/mol. The second kappa shape index (κ2) is 4.45. The Morgan fingerprint density at radius 3 is 2.68 bits per heavy atom. The molecule has 0 bridgehead atoms. The smallest absolute Gasteiger partial charge is 0.261 e. The summed E-state index contributed by atoms with van der Waals surface area (Å²) in [4.78, 5) is 12.7. The molecule has 0 aliphatic heterocycles. The van der Waals surface area contributed by atoms with E-state index >= 15 is 0 Å². The number of anilines is 1. The lowest BCUT2D eigenvalue weighted by Gasteiger charge is -2.12. The first-order valence-corrected chi connectivity index (χ1v) is 7.18. The minimum absolute atomic E-state index is 0.0683. The normalized spacial score (nSPS) is 14.7. The van der Waals surface area contributed by atoms with Gasteiger partial charge in [0.05, 0.1) is 5.56 Å². The van der Waals surface area contributed by atoms with Crippen molar-refractivity contribution in [2.45, 2.75) is 32.7 Å². The van der Waals surface area contributed by atoms with E-state index in [0.29, 0.717) is 16.6 Å². The lowest BCUT2D eigenvalue weighted by atomic mass is 10.1. The summed E-state index contributed by atoms with van der Waals surface area (Å²) >= 11 is 1.41. The molecule has 0 radical (unpaired) electrons. The van der Waals surface area contributed by atoms with E-state index in [2.05, 4.69) is 21.6 Å². The quantitative estimate of drug-likeness (QED) is 0.935. The number of hydrogen-bond acceptors (Lipinski definition) is 5. The van der Waals surface area contributed by atoms with Gasteiger partial charge in [-0.3, -0.25) is 4.79 Å². The van der Waals surface area contributed by atoms with E-state index in [-0.39, 0.29) is 5.56 Å². The zero-order valence-electron chi connectivity index (χ0n) is 11.2. The Labute approximate surface area is 115 Å². The van der Waals surface area contributed by atoms with E-state index in [0.717, 1.165) is 29.2 Å². The minimum Gasteiger partial charge on any atom is -0.363 e. The average Bonchev–Trinajstić information content (AvgIpc) is 3.06. The summed E-state index contributed by atoms with van der Waals surface area (Å²) in [6, 6.07) is 2.44. The lowest BCUT2D eigenvalue weighted by molar-refractivity contribution is 0.681. The van der Waals surface area contributed by atoms with Crippen molar-refractivity contribution in [3.63, 3.8) is 0 Å². The van der Waals surface area contributed by atoms with Gasteiger partial charge in [0.15, 0.2) is 5.01 Å². The number of hydrogen-bond donors (Lipinski definition) is 1. The molecule has 0 atom stereocenters. The van der Waals surface area contributed by atoms with Crippen molar-refractivity contribution >= 4 is 16.5 Å². The van der Waals surface area contributed by atoms with Crippen LogP contribution in [0.1, 0.15) is 30.1 Å². The van der Waals surface area contributed by atoms with Gasteiger partial charge in [0.25, 0.3) is 5.56 Å². The van der Waals surface area contributed by atoms with Crippen LogP contribution < -0.4 is 10.9 Å². The van der Waals surface area contributed by atoms with Crippen molar-refractivity contribution in [1.29, 1.82) is 0 Å². The Bertz CT molecular complexity index is 684. The summed E-state index contributed by atoms with van der Waals surface area (Å²) in [6.07, 6.45) is 2.20. The third-order valence-electron chi connectivity index (χ3n) is 3.40. The van der Waals surface area contributed by atoms with Gasteiger partial charge < -0.3 is 9.88 Å². The molecule has 2 heterocycles. The summed E-state index contributed by atoms with van der Waals surface area (Å²) in [7, 11) is 1.80. The van der Waals surface area contributed by atoms with Crippen molar-refractivity contribution in [3.05, 3.63) is 27.7 Å². The van der Waals surface area contributed by atoms with Gasteiger partial charge in [0.1, 0.15) is 0 Å². The Morgan fingerprint density at radius 1 is 1.37 bits per heavy atom. The molecule has 0 unspecified atom stereocenters. The highest BCUT2D eigenvalue weighted by molar-refractivity contribution is 7.18. The first-order chi connectivity index (χ1) is 9.11. The van der Waals surface area contributed by atoms with E-state index in [1.54, 1.807) is 7.05 Å². The van der Waals surface area contributed by atoms with Crippen LogP contribution in [0.25, 0.3) is 10.6 Å². The topological polar surface area (TPSA) is 59.8 Å². The van der Waals surface area contributed by atoms with Crippen LogP contribution in [0, 0.1) is 13.8 Å². The molecule has 1 fully saturated rings. The van der Waals surface area contributed by atoms with Crippen molar-refractivity contribution in [2.75, 3.05) is 12.4 Å². The van der Waals surface area contributed by atoms with Crippen molar-refractivity contribution in [1.82, 2.24) is 14.8 Å². The fraction of sp³-hybridized carbons (Fsp3) is 0.462. The molecule has 1 N–H and O–H groups in total. The van der Waals surface area contributed by atoms with Gasteiger partial charge in [-0.1, -0.05) is 11.3 Å². The van der Waals surface area contributed by atoms with Gasteiger partial charge in [-0.05, 0) is 38.3 Å². The summed E-state index contributed by atoms with van der Waals surface area (Å²) in [5.74, 6) is 0. The van der Waals surface area contributed by atoms with Crippen LogP contribution >= 0.6 is 11.3 Å². The van der Waals surface area contributed by atoms with E-state index in [4.69, 9.17) is 0 Å². The molecular formula is C13H16N4OS. The van der Waals surface area contributed by atoms with Crippen LogP contribution in [0.15, 0.2) is 10.9 Å². The maximum atomic E-state index is 12.7. The van der Waals surface area contributed by atoms with Crippen LogP contribution in [-0.4, -0.2) is 21.8 Å². The molecule has 100 valence electrons. The third-order valence-corrected chi connectivity index (χ3v) is 4.36. The third kappa shape index (κ3) is 2.06. The zero-order chi connectivity index (χ0) is 13.6. The van der Waals surface area contributed by atoms with E-state index in [1.165, 1.54) is 11.3 Å². The molecule has 0 aromatic carbocycles. The molecule has 2 aromatic rings. The molecule has 5 nitrogen and oxygen atoms in total. The first kappa shape index (κ1) is 12.3. The van der Waals surface area contributed by atoms with Gasteiger partial charge >= 0.3 is 0 Å². The summed E-state index contributed by atoms with van der Waals surface area (Å²) in [6.45, 7) is 3.96. The Hall–Kier alpha value is -1.69. The van der Waals surface area contributed by atoms with Gasteiger partial charge in [-0.25, -0.2) is 0 Å². The molecule has 0 spiro atoms. The minimum atomic E-state index is 0.0683. The Kier molecular flexibility index (Phi) is 2.89. The van der Waals surface area contributed by atoms with Crippen LogP contribution in [0.4, 0.5) is 5.13 Å². The maximum absolute atomic E-state index is 12.7. The fourth-order valence-electron chi connectivity index (χ4n) is 2.38. The number of nitrogens with zero attached hydrogens (tertiary/aromatic N) is 3. The van der Waals surface area contributed by atoms with Gasteiger partial charge in [0, 0.05) is 18.8 Å². The van der Waals surface area contributed by atoms with E-state index in [9.17, 15) is 4.79 Å². The molecule has 19 heavy (non-hydrogen) atoms. The Morgan fingerprint density at radius 2 is 2.11 bits per heavy atom. The number of aryl methyl sites for hydroxylation is 2. The molecule has 3 rings (SSSR count). The van der Waals surface area contributed by atoms with Gasteiger partial charge in [0.2, 0.25) is 5.13 Å². The van der Waals surface area contributed by atoms with Crippen molar-refractivity contribution < 1.29 is 0 Å². The van der Waals surface area contributed by atoms with E-state index in [1.807, 2.05) is 18.4 Å².